The van der Waals surface area contributed by atoms with Crippen molar-refractivity contribution in [2.75, 3.05) is 19.3 Å². The Balaban J connectivity index is 0.00000208. The van der Waals surface area contributed by atoms with Gasteiger partial charge in [0.1, 0.15) is 0 Å². The molecule has 132 valence electrons. The van der Waals surface area contributed by atoms with Gasteiger partial charge in [0.15, 0.2) is 5.69 Å². The number of pyridine rings is 1. The van der Waals surface area contributed by atoms with Crippen molar-refractivity contribution >= 4 is 33.7 Å². The first-order valence-electron chi connectivity index (χ1n) is 7.52. The molecule has 1 saturated heterocycles. The smallest absolute Gasteiger partial charge is 0.275 e. The van der Waals surface area contributed by atoms with Crippen LogP contribution in [0.1, 0.15) is 24.3 Å². The molecule has 0 aromatic carbocycles. The number of nitrogens with one attached hydrogen (secondary N) is 1. The number of nitrogens with zero attached hydrogens (tertiary/aromatic N) is 3. The number of sulfone groups is 1. The lowest BCUT2D eigenvalue weighted by atomic mass is 10.1. The molecule has 3 heterocycles. The van der Waals surface area contributed by atoms with Crippen LogP contribution in [0.3, 0.4) is 0 Å². The summed E-state index contributed by atoms with van der Waals surface area (Å²) in [6, 6.07) is 5.39. The van der Waals surface area contributed by atoms with E-state index in [9.17, 15) is 13.2 Å². The van der Waals surface area contributed by atoms with Gasteiger partial charge >= 0.3 is 0 Å². The molecule has 3 rings (SSSR count). The highest BCUT2D eigenvalue weighted by Gasteiger charge is 2.32. The summed E-state index contributed by atoms with van der Waals surface area (Å²) in [6.45, 7) is 5.29. The predicted molar refractivity (Wildman–Crippen MR) is 93.5 cm³/mol. The van der Waals surface area contributed by atoms with Crippen molar-refractivity contribution in [3.05, 3.63) is 30.1 Å². The molecule has 0 spiro atoms. The number of amides is 1. The zero-order chi connectivity index (χ0) is 16.8. The molecule has 1 amide bonds. The first kappa shape index (κ1) is 18.7. The van der Waals surface area contributed by atoms with E-state index in [0.29, 0.717) is 18.6 Å². The number of halogens is 1. The second-order valence-electron chi connectivity index (χ2n) is 5.95. The van der Waals surface area contributed by atoms with E-state index in [4.69, 9.17) is 0 Å². The third-order valence-corrected chi connectivity index (χ3v) is 5.30. The number of piperazine rings is 1. The number of fused-ring (bicyclic) bond motifs is 1. The Kier molecular flexibility index (Phi) is 5.22. The molecule has 1 fully saturated rings. The number of carbonyl (C=O) groups is 1. The molecule has 24 heavy (non-hydrogen) atoms. The Morgan fingerprint density at radius 3 is 2.71 bits per heavy atom. The Morgan fingerprint density at radius 1 is 1.33 bits per heavy atom. The van der Waals surface area contributed by atoms with Gasteiger partial charge < -0.3 is 10.2 Å². The molecule has 1 aliphatic heterocycles. The minimum atomic E-state index is -3.53. The third kappa shape index (κ3) is 3.13. The average Bonchev–Trinajstić information content (AvgIpc) is 2.89. The van der Waals surface area contributed by atoms with E-state index in [1.165, 1.54) is 4.40 Å². The fraction of sp³-hybridized carbons (Fsp3) is 0.467. The Bertz CT molecular complexity index is 865. The molecule has 7 nitrogen and oxygen atoms in total. The molecule has 2 aromatic rings. The summed E-state index contributed by atoms with van der Waals surface area (Å²) in [5, 5.41) is 3.21. The largest absolute Gasteiger partial charge is 0.332 e. The van der Waals surface area contributed by atoms with Crippen molar-refractivity contribution in [1.29, 1.82) is 0 Å². The van der Waals surface area contributed by atoms with Crippen molar-refractivity contribution in [1.82, 2.24) is 19.6 Å². The van der Waals surface area contributed by atoms with Crippen LogP contribution < -0.4 is 5.32 Å². The molecule has 2 atom stereocenters. The van der Waals surface area contributed by atoms with E-state index >= 15 is 0 Å². The van der Waals surface area contributed by atoms with Crippen LogP contribution in [0.4, 0.5) is 0 Å². The Morgan fingerprint density at radius 2 is 2.04 bits per heavy atom. The van der Waals surface area contributed by atoms with Gasteiger partial charge in [-0.05, 0) is 26.0 Å². The number of aromatic nitrogens is 2. The highest BCUT2D eigenvalue weighted by Crippen LogP contribution is 2.20. The van der Waals surface area contributed by atoms with Gasteiger partial charge in [0.25, 0.3) is 5.91 Å². The van der Waals surface area contributed by atoms with Gasteiger partial charge in [-0.25, -0.2) is 13.4 Å². The van der Waals surface area contributed by atoms with E-state index in [-0.39, 0.29) is 41.2 Å². The monoisotopic (exact) mass is 372 g/mol. The summed E-state index contributed by atoms with van der Waals surface area (Å²) in [5.74, 6) is -0.232. The molecule has 0 radical (unpaired) electrons. The van der Waals surface area contributed by atoms with E-state index < -0.39 is 9.84 Å². The first-order chi connectivity index (χ1) is 10.8. The molecular formula is C15H21ClN4O3S. The molecule has 2 unspecified atom stereocenters. The van der Waals surface area contributed by atoms with Crippen LogP contribution in [0, 0.1) is 0 Å². The highest BCUT2D eigenvalue weighted by atomic mass is 35.5. The summed E-state index contributed by atoms with van der Waals surface area (Å²) >= 11 is 0. The lowest BCUT2D eigenvalue weighted by molar-refractivity contribution is 0.0599. The maximum atomic E-state index is 12.9. The standard InChI is InChI=1S/C15H20N4O3S.ClH/c1-10-11(2)18(9-7-16-10)14(20)13-12-6-4-5-8-19(12)15(17-13)23(3,21)22;/h4-6,8,10-11,16H,7,9H2,1-3H3;1H. The lowest BCUT2D eigenvalue weighted by Gasteiger charge is -2.38. The third-order valence-electron chi connectivity index (χ3n) is 4.35. The van der Waals surface area contributed by atoms with Gasteiger partial charge in [-0.1, -0.05) is 6.07 Å². The molecule has 9 heteroatoms. The quantitative estimate of drug-likeness (QED) is 0.849. The van der Waals surface area contributed by atoms with Crippen LogP contribution >= 0.6 is 12.4 Å². The fourth-order valence-electron chi connectivity index (χ4n) is 2.91. The van der Waals surface area contributed by atoms with E-state index in [1.807, 2.05) is 13.8 Å². The van der Waals surface area contributed by atoms with Crippen LogP contribution in [-0.4, -0.2) is 60.0 Å². The van der Waals surface area contributed by atoms with Crippen LogP contribution in [0.2, 0.25) is 0 Å². The lowest BCUT2D eigenvalue weighted by Crippen LogP contribution is -2.57. The Hall–Kier alpha value is -1.64. The minimum Gasteiger partial charge on any atom is -0.332 e. The predicted octanol–water partition coefficient (Wildman–Crippen LogP) is 0.982. The first-order valence-corrected chi connectivity index (χ1v) is 9.41. The Labute approximate surface area is 147 Å². The normalized spacial score (nSPS) is 21.5. The molecule has 2 aromatic heterocycles. The van der Waals surface area contributed by atoms with Gasteiger partial charge in [0.2, 0.25) is 15.0 Å². The molecule has 1 aliphatic rings. The number of imidazole rings is 1. The van der Waals surface area contributed by atoms with E-state index in [0.717, 1.165) is 6.26 Å². The van der Waals surface area contributed by atoms with Crippen LogP contribution in [-0.2, 0) is 9.84 Å². The van der Waals surface area contributed by atoms with E-state index in [2.05, 4.69) is 10.3 Å². The maximum Gasteiger partial charge on any atom is 0.275 e. The average molecular weight is 373 g/mol. The summed E-state index contributed by atoms with van der Waals surface area (Å²) in [5.41, 5.74) is 0.697. The number of hydrogen-bond donors (Lipinski definition) is 1. The van der Waals surface area contributed by atoms with E-state index in [1.54, 1.807) is 29.3 Å². The van der Waals surface area contributed by atoms with Crippen LogP contribution in [0.25, 0.3) is 5.52 Å². The van der Waals surface area contributed by atoms with Crippen molar-refractivity contribution in [2.24, 2.45) is 0 Å². The second kappa shape index (κ2) is 6.70. The second-order valence-corrected chi connectivity index (χ2v) is 7.86. The zero-order valence-corrected chi connectivity index (χ0v) is 15.4. The van der Waals surface area contributed by atoms with Gasteiger partial charge in [0, 0.05) is 37.6 Å². The van der Waals surface area contributed by atoms with Gasteiger partial charge in [-0.15, -0.1) is 12.4 Å². The summed E-state index contributed by atoms with van der Waals surface area (Å²) in [6.07, 6.45) is 2.71. The van der Waals surface area contributed by atoms with Crippen molar-refractivity contribution in [2.45, 2.75) is 31.1 Å². The minimum absolute atomic E-state index is 0. The topological polar surface area (TPSA) is 83.8 Å². The highest BCUT2D eigenvalue weighted by molar-refractivity contribution is 7.90. The van der Waals surface area contributed by atoms with Crippen molar-refractivity contribution in [3.63, 3.8) is 0 Å². The molecular weight excluding hydrogens is 352 g/mol. The maximum absolute atomic E-state index is 12.9. The van der Waals surface area contributed by atoms with Gasteiger partial charge in [-0.2, -0.15) is 0 Å². The van der Waals surface area contributed by atoms with Crippen LogP contribution in [0.15, 0.2) is 29.6 Å². The zero-order valence-electron chi connectivity index (χ0n) is 13.8. The van der Waals surface area contributed by atoms with Gasteiger partial charge in [0.05, 0.1) is 5.52 Å². The van der Waals surface area contributed by atoms with Crippen molar-refractivity contribution in [3.8, 4) is 0 Å². The van der Waals surface area contributed by atoms with Crippen molar-refractivity contribution < 1.29 is 13.2 Å². The number of carbonyl (C=O) groups excluding carboxylic acids is 1. The fourth-order valence-corrected chi connectivity index (χ4v) is 3.68. The molecule has 1 N–H and O–H groups in total. The summed E-state index contributed by atoms with van der Waals surface area (Å²) in [7, 11) is -3.53. The SMILES string of the molecule is CC1NCCN(C(=O)c2nc(S(C)(=O)=O)n3ccccc23)C1C.Cl. The number of hydrogen-bond acceptors (Lipinski definition) is 5. The molecule has 0 saturated carbocycles. The van der Waals surface area contributed by atoms with Crippen LogP contribution in [0.5, 0.6) is 0 Å². The molecule has 0 bridgehead atoms. The van der Waals surface area contributed by atoms with Gasteiger partial charge in [-0.3, -0.25) is 9.20 Å². The number of rotatable bonds is 2. The summed E-state index contributed by atoms with van der Waals surface area (Å²) in [4.78, 5) is 18.8. The molecule has 0 aliphatic carbocycles. The summed E-state index contributed by atoms with van der Waals surface area (Å²) < 4.78 is 25.4.